The van der Waals surface area contributed by atoms with Gasteiger partial charge >= 0.3 is 0 Å². The zero-order chi connectivity index (χ0) is 18.9. The number of carbonyl (C=O) groups excluding carboxylic acids is 2. The lowest BCUT2D eigenvalue weighted by Crippen LogP contribution is -2.51. The van der Waals surface area contributed by atoms with E-state index in [4.69, 9.17) is 5.73 Å². The van der Waals surface area contributed by atoms with Crippen LogP contribution in [0.4, 0.5) is 0 Å². The number of likely N-dealkylation sites (tertiary alicyclic amines) is 1. The fraction of sp³-hybridized carbons (Fsp3) is 0.600. The van der Waals surface area contributed by atoms with E-state index in [2.05, 4.69) is 12.1 Å². The number of thioether (sulfide) groups is 1. The number of hydrogen-bond acceptors (Lipinski definition) is 4. The molecule has 3 rings (SSSR count). The van der Waals surface area contributed by atoms with Crippen LogP contribution in [0.15, 0.2) is 30.3 Å². The van der Waals surface area contributed by atoms with Crippen molar-refractivity contribution in [2.45, 2.75) is 32.7 Å². The van der Waals surface area contributed by atoms with E-state index in [1.807, 2.05) is 43.9 Å². The molecular weight excluding hydrogens is 346 g/mol. The maximum atomic E-state index is 13.2. The van der Waals surface area contributed by atoms with E-state index in [0.29, 0.717) is 31.3 Å². The van der Waals surface area contributed by atoms with E-state index in [-0.39, 0.29) is 29.7 Å². The average Bonchev–Trinajstić information content (AvgIpc) is 3.27. The van der Waals surface area contributed by atoms with E-state index < -0.39 is 5.41 Å². The largest absolute Gasteiger partial charge is 0.340 e. The van der Waals surface area contributed by atoms with E-state index in [1.54, 1.807) is 16.7 Å². The van der Waals surface area contributed by atoms with Crippen LogP contribution in [0.5, 0.6) is 0 Å². The summed E-state index contributed by atoms with van der Waals surface area (Å²) in [6.07, 6.45) is 0. The summed E-state index contributed by atoms with van der Waals surface area (Å²) < 4.78 is 0. The second-order valence-corrected chi connectivity index (χ2v) is 9.30. The fourth-order valence-electron chi connectivity index (χ4n) is 3.86. The maximum Gasteiger partial charge on any atom is 0.246 e. The van der Waals surface area contributed by atoms with Crippen LogP contribution in [0.3, 0.4) is 0 Å². The van der Waals surface area contributed by atoms with Crippen molar-refractivity contribution in [1.82, 2.24) is 9.80 Å². The van der Waals surface area contributed by atoms with Gasteiger partial charge in [0, 0.05) is 30.2 Å². The summed E-state index contributed by atoms with van der Waals surface area (Å²) in [5.74, 6) is 1.94. The molecule has 2 fully saturated rings. The highest BCUT2D eigenvalue weighted by Gasteiger charge is 2.43. The topological polar surface area (TPSA) is 66.6 Å². The van der Waals surface area contributed by atoms with Crippen molar-refractivity contribution in [3.05, 3.63) is 35.9 Å². The van der Waals surface area contributed by atoms with Crippen LogP contribution in [-0.4, -0.2) is 58.9 Å². The molecular formula is C20H29N3O2S. The molecule has 1 unspecified atom stereocenters. The minimum atomic E-state index is -0.471. The first-order valence-electron chi connectivity index (χ1n) is 9.25. The molecule has 1 aromatic rings. The van der Waals surface area contributed by atoms with Gasteiger partial charge in [0.05, 0.1) is 5.88 Å². The Hall–Kier alpha value is -1.53. The van der Waals surface area contributed by atoms with Crippen molar-refractivity contribution in [2.24, 2.45) is 17.1 Å². The van der Waals surface area contributed by atoms with E-state index >= 15 is 0 Å². The predicted octanol–water partition coefficient (Wildman–Crippen LogP) is 2.13. The normalized spacial score (nSPS) is 26.4. The van der Waals surface area contributed by atoms with Crippen molar-refractivity contribution < 1.29 is 9.59 Å². The fourth-order valence-corrected chi connectivity index (χ4v) is 5.00. The van der Waals surface area contributed by atoms with Gasteiger partial charge in [-0.1, -0.05) is 51.1 Å². The molecule has 5 nitrogen and oxygen atoms in total. The molecule has 2 N–H and O–H groups in total. The Bertz CT molecular complexity index is 659. The molecule has 2 amide bonds. The quantitative estimate of drug-likeness (QED) is 0.879. The molecule has 2 heterocycles. The number of hydrogen-bond donors (Lipinski definition) is 1. The average molecular weight is 376 g/mol. The van der Waals surface area contributed by atoms with E-state index in [1.165, 1.54) is 5.56 Å². The smallest absolute Gasteiger partial charge is 0.246 e. The summed E-state index contributed by atoms with van der Waals surface area (Å²) in [5.41, 5.74) is 6.77. The van der Waals surface area contributed by atoms with Gasteiger partial charge in [-0.25, -0.2) is 0 Å². The van der Waals surface area contributed by atoms with Crippen molar-refractivity contribution in [1.29, 1.82) is 0 Å². The standard InChI is InChI=1S/C20H29N3O2S/c1-20(2,3)19(25)23-13-26-12-17(23)18(24)22-10-15(9-21)16(11-22)14-7-5-4-6-8-14/h4-8,15-17H,9-13,21H2,1-3H3/t15-,16+,17?/m1/s1. The highest BCUT2D eigenvalue weighted by molar-refractivity contribution is 7.99. The van der Waals surface area contributed by atoms with Crippen molar-refractivity contribution in [2.75, 3.05) is 31.3 Å². The van der Waals surface area contributed by atoms with E-state index in [9.17, 15) is 9.59 Å². The first-order valence-corrected chi connectivity index (χ1v) is 10.4. The number of carbonyl (C=O) groups is 2. The lowest BCUT2D eigenvalue weighted by molar-refractivity contribution is -0.147. The molecule has 2 aliphatic heterocycles. The molecule has 26 heavy (non-hydrogen) atoms. The predicted molar refractivity (Wildman–Crippen MR) is 106 cm³/mol. The summed E-state index contributed by atoms with van der Waals surface area (Å²) >= 11 is 1.66. The van der Waals surface area contributed by atoms with Crippen LogP contribution >= 0.6 is 11.8 Å². The second-order valence-electron chi connectivity index (χ2n) is 8.30. The third-order valence-electron chi connectivity index (χ3n) is 5.35. The van der Waals surface area contributed by atoms with Gasteiger partial charge in [0.15, 0.2) is 0 Å². The summed E-state index contributed by atoms with van der Waals surface area (Å²) in [7, 11) is 0. The third kappa shape index (κ3) is 3.76. The Kier molecular flexibility index (Phi) is 5.63. The third-order valence-corrected chi connectivity index (χ3v) is 6.37. The summed E-state index contributed by atoms with van der Waals surface area (Å²) in [5, 5.41) is 0. The van der Waals surface area contributed by atoms with Gasteiger partial charge in [-0.15, -0.1) is 11.8 Å². The zero-order valence-corrected chi connectivity index (χ0v) is 16.7. The Morgan fingerprint density at radius 3 is 2.50 bits per heavy atom. The Morgan fingerprint density at radius 1 is 1.19 bits per heavy atom. The minimum Gasteiger partial charge on any atom is -0.340 e. The van der Waals surface area contributed by atoms with Crippen LogP contribution in [0.2, 0.25) is 0 Å². The Labute approximate surface area is 160 Å². The lowest BCUT2D eigenvalue weighted by atomic mass is 9.89. The number of nitrogens with zero attached hydrogens (tertiary/aromatic N) is 2. The number of amides is 2. The van der Waals surface area contributed by atoms with Gasteiger partial charge in [-0.05, 0) is 18.0 Å². The molecule has 2 saturated heterocycles. The van der Waals surface area contributed by atoms with Gasteiger partial charge < -0.3 is 15.5 Å². The summed E-state index contributed by atoms with van der Waals surface area (Å²) in [6.45, 7) is 7.65. The maximum absolute atomic E-state index is 13.2. The molecule has 2 aliphatic rings. The van der Waals surface area contributed by atoms with Gasteiger partial charge in [-0.2, -0.15) is 0 Å². The first-order chi connectivity index (χ1) is 12.3. The van der Waals surface area contributed by atoms with Crippen LogP contribution in [-0.2, 0) is 9.59 Å². The van der Waals surface area contributed by atoms with Crippen LogP contribution in [0, 0.1) is 11.3 Å². The first kappa shape index (κ1) is 19.2. The molecule has 0 radical (unpaired) electrons. The number of rotatable bonds is 3. The number of benzene rings is 1. The van der Waals surface area contributed by atoms with E-state index in [0.717, 1.165) is 0 Å². The lowest BCUT2D eigenvalue weighted by Gasteiger charge is -2.31. The second kappa shape index (κ2) is 7.61. The van der Waals surface area contributed by atoms with Gasteiger partial charge in [-0.3, -0.25) is 9.59 Å². The molecule has 0 aliphatic carbocycles. The SMILES string of the molecule is CC(C)(C)C(=O)N1CSCC1C(=O)N1C[C@@H](CN)[C@H](c2ccccc2)C1. The molecule has 142 valence electrons. The van der Waals surface area contributed by atoms with Crippen molar-refractivity contribution >= 4 is 23.6 Å². The zero-order valence-electron chi connectivity index (χ0n) is 15.9. The summed E-state index contributed by atoms with van der Waals surface area (Å²) in [4.78, 5) is 29.6. The van der Waals surface area contributed by atoms with Gasteiger partial charge in [0.1, 0.15) is 6.04 Å². The van der Waals surface area contributed by atoms with Crippen molar-refractivity contribution in [3.63, 3.8) is 0 Å². The monoisotopic (exact) mass is 375 g/mol. The molecule has 0 bridgehead atoms. The van der Waals surface area contributed by atoms with Crippen LogP contribution in [0.1, 0.15) is 32.3 Å². The molecule has 0 aromatic heterocycles. The van der Waals surface area contributed by atoms with Crippen LogP contribution in [0.25, 0.3) is 0 Å². The number of nitrogens with two attached hydrogens (primary N) is 1. The van der Waals surface area contributed by atoms with Gasteiger partial charge in [0.2, 0.25) is 11.8 Å². The molecule has 6 heteroatoms. The van der Waals surface area contributed by atoms with Crippen LogP contribution < -0.4 is 5.73 Å². The molecule has 0 spiro atoms. The molecule has 3 atom stereocenters. The highest BCUT2D eigenvalue weighted by Crippen LogP contribution is 2.34. The Morgan fingerprint density at radius 2 is 1.88 bits per heavy atom. The van der Waals surface area contributed by atoms with Crippen molar-refractivity contribution in [3.8, 4) is 0 Å². The molecule has 0 saturated carbocycles. The Balaban J connectivity index is 1.75. The summed E-state index contributed by atoms with van der Waals surface area (Å²) in [6, 6.07) is 9.95. The molecule has 1 aromatic carbocycles. The van der Waals surface area contributed by atoms with Gasteiger partial charge in [0.25, 0.3) is 0 Å². The minimum absolute atomic E-state index is 0.0510. The highest BCUT2D eigenvalue weighted by atomic mass is 32.2.